The number of aliphatic carboxylic acids is 1. The summed E-state index contributed by atoms with van der Waals surface area (Å²) in [5, 5.41) is 7.70. The Hall–Kier alpha value is -2.38. The molecule has 2 atom stereocenters. The van der Waals surface area contributed by atoms with Crippen molar-refractivity contribution in [1.29, 1.82) is 0 Å². The summed E-state index contributed by atoms with van der Waals surface area (Å²) in [5.74, 6) is -0.892. The maximum Gasteiger partial charge on any atom is 0.341 e. The quantitative estimate of drug-likeness (QED) is 0.787. The fraction of sp³-hybridized carbons (Fsp3) is 0.350. The number of aryl methyl sites for hydroxylation is 2. The van der Waals surface area contributed by atoms with Gasteiger partial charge in [0, 0.05) is 5.92 Å². The second-order valence-corrected chi connectivity index (χ2v) is 8.97. The molecule has 2 aromatic carbocycles. The molecule has 7 heteroatoms. The number of carboxylic acids is 1. The van der Waals surface area contributed by atoms with Crippen molar-refractivity contribution in [1.82, 2.24) is 0 Å². The van der Waals surface area contributed by atoms with Crippen LogP contribution in [0.1, 0.15) is 35.4 Å². The van der Waals surface area contributed by atoms with Crippen LogP contribution in [0.25, 0.3) is 0 Å². The van der Waals surface area contributed by atoms with Crippen LogP contribution in [0.5, 0.6) is 5.75 Å². The summed E-state index contributed by atoms with van der Waals surface area (Å²) < 4.78 is 31.2. The van der Waals surface area contributed by atoms with Gasteiger partial charge in [0.05, 0.1) is 4.90 Å². The summed E-state index contributed by atoms with van der Waals surface area (Å²) in [6, 6.07) is 12.0. The number of ether oxygens (including phenoxy) is 1. The summed E-state index contributed by atoms with van der Waals surface area (Å²) in [5.41, 5.74) is 9.09. The molecule has 0 spiro atoms. The predicted molar refractivity (Wildman–Crippen MR) is 102 cm³/mol. The molecule has 0 fully saturated rings. The Labute approximate surface area is 158 Å². The van der Waals surface area contributed by atoms with Gasteiger partial charge in [-0.25, -0.2) is 13.2 Å². The second kappa shape index (κ2) is 7.70. The van der Waals surface area contributed by atoms with Crippen molar-refractivity contribution in [2.24, 2.45) is 5.73 Å². The van der Waals surface area contributed by atoms with Crippen LogP contribution in [-0.4, -0.2) is 31.5 Å². The maximum atomic E-state index is 13.0. The molecule has 0 radical (unpaired) electrons. The van der Waals surface area contributed by atoms with Crippen LogP contribution in [0.4, 0.5) is 0 Å². The highest BCUT2D eigenvalue weighted by Crippen LogP contribution is 2.38. The molecule has 0 aromatic heterocycles. The standard InChI is InChI=1S/C20H23NO5S/c1-13-5-8-16(9-6-13)27(24,25)20(21)18-4-2-3-14-11-15(7-10-17(14)18)26-12-19(22)23/h5-11,18,20H,2-4,12,21H2,1H3,(H,22,23). The van der Waals surface area contributed by atoms with E-state index in [2.05, 4.69) is 0 Å². The number of carbonyl (C=O) groups is 1. The van der Waals surface area contributed by atoms with Gasteiger partial charge in [-0.15, -0.1) is 0 Å². The fourth-order valence-electron chi connectivity index (χ4n) is 3.51. The highest BCUT2D eigenvalue weighted by molar-refractivity contribution is 7.92. The van der Waals surface area contributed by atoms with Crippen molar-refractivity contribution in [2.75, 3.05) is 6.61 Å². The summed E-state index contributed by atoms with van der Waals surface area (Å²) in [7, 11) is -3.66. The Morgan fingerprint density at radius 3 is 2.63 bits per heavy atom. The monoisotopic (exact) mass is 389 g/mol. The van der Waals surface area contributed by atoms with Gasteiger partial charge >= 0.3 is 5.97 Å². The Bertz CT molecular complexity index is 937. The lowest BCUT2D eigenvalue weighted by Gasteiger charge is -2.30. The number of hydrogen-bond acceptors (Lipinski definition) is 5. The Kier molecular flexibility index (Phi) is 5.53. The summed E-state index contributed by atoms with van der Waals surface area (Å²) in [4.78, 5) is 10.9. The van der Waals surface area contributed by atoms with Gasteiger partial charge < -0.3 is 15.6 Å². The van der Waals surface area contributed by atoms with E-state index in [1.54, 1.807) is 42.5 Å². The van der Waals surface area contributed by atoms with Crippen LogP contribution in [0.15, 0.2) is 47.4 Å². The van der Waals surface area contributed by atoms with Crippen LogP contribution in [0.3, 0.4) is 0 Å². The molecule has 3 rings (SSSR count). The zero-order valence-electron chi connectivity index (χ0n) is 15.1. The van der Waals surface area contributed by atoms with Gasteiger partial charge in [0.25, 0.3) is 0 Å². The number of nitrogens with two attached hydrogens (primary N) is 1. The second-order valence-electron chi connectivity index (χ2n) is 6.86. The van der Waals surface area contributed by atoms with Crippen LogP contribution in [0.2, 0.25) is 0 Å². The lowest BCUT2D eigenvalue weighted by Crippen LogP contribution is -2.38. The zero-order valence-corrected chi connectivity index (χ0v) is 15.9. The van der Waals surface area contributed by atoms with Gasteiger partial charge in [-0.05, 0) is 61.6 Å². The van der Waals surface area contributed by atoms with E-state index in [0.29, 0.717) is 12.2 Å². The van der Waals surface area contributed by atoms with Crippen molar-refractivity contribution in [3.8, 4) is 5.75 Å². The highest BCUT2D eigenvalue weighted by atomic mass is 32.2. The predicted octanol–water partition coefficient (Wildman–Crippen LogP) is 2.64. The van der Waals surface area contributed by atoms with Crippen LogP contribution in [-0.2, 0) is 21.1 Å². The first kappa shape index (κ1) is 19.4. The molecule has 0 bridgehead atoms. The van der Waals surface area contributed by atoms with Crippen molar-refractivity contribution < 1.29 is 23.1 Å². The van der Waals surface area contributed by atoms with E-state index in [0.717, 1.165) is 29.5 Å². The number of hydrogen-bond donors (Lipinski definition) is 2. The largest absolute Gasteiger partial charge is 0.482 e. The number of fused-ring (bicyclic) bond motifs is 1. The molecule has 0 aliphatic heterocycles. The smallest absolute Gasteiger partial charge is 0.341 e. The average Bonchev–Trinajstić information content (AvgIpc) is 2.65. The van der Waals surface area contributed by atoms with E-state index in [1.165, 1.54) is 0 Å². The van der Waals surface area contributed by atoms with E-state index >= 15 is 0 Å². The molecule has 2 unspecified atom stereocenters. The molecule has 0 amide bonds. The third-order valence-corrected chi connectivity index (χ3v) is 6.92. The lowest BCUT2D eigenvalue weighted by atomic mass is 9.82. The molecular weight excluding hydrogens is 366 g/mol. The number of rotatable bonds is 6. The van der Waals surface area contributed by atoms with Crippen LogP contribution in [0, 0.1) is 6.92 Å². The van der Waals surface area contributed by atoms with Gasteiger partial charge in [0.1, 0.15) is 11.1 Å². The van der Waals surface area contributed by atoms with Crippen molar-refractivity contribution >= 4 is 15.8 Å². The molecule has 6 nitrogen and oxygen atoms in total. The minimum absolute atomic E-state index is 0.231. The summed E-state index contributed by atoms with van der Waals surface area (Å²) in [6.07, 6.45) is 2.29. The first-order chi connectivity index (χ1) is 12.8. The van der Waals surface area contributed by atoms with Gasteiger partial charge in [-0.2, -0.15) is 0 Å². The molecule has 1 aliphatic rings. The van der Waals surface area contributed by atoms with Gasteiger partial charge in [0.2, 0.25) is 0 Å². The van der Waals surface area contributed by atoms with Crippen LogP contribution < -0.4 is 10.5 Å². The lowest BCUT2D eigenvalue weighted by molar-refractivity contribution is -0.139. The number of sulfone groups is 1. The Balaban J connectivity index is 1.88. The van der Waals surface area contributed by atoms with E-state index in [-0.39, 0.29) is 10.8 Å². The third-order valence-electron chi connectivity index (χ3n) is 4.94. The molecule has 3 N–H and O–H groups in total. The molecule has 0 saturated heterocycles. The zero-order chi connectivity index (χ0) is 19.6. The van der Waals surface area contributed by atoms with Gasteiger partial charge in [-0.3, -0.25) is 0 Å². The minimum atomic E-state index is -3.66. The molecule has 2 aromatic rings. The van der Waals surface area contributed by atoms with Gasteiger partial charge in [-0.1, -0.05) is 23.8 Å². The number of carboxylic acid groups (broad SMARTS) is 1. The number of benzene rings is 2. The first-order valence-corrected chi connectivity index (χ1v) is 10.4. The fourth-order valence-corrected chi connectivity index (χ4v) is 5.05. The van der Waals surface area contributed by atoms with E-state index in [4.69, 9.17) is 15.6 Å². The molecule has 1 aliphatic carbocycles. The van der Waals surface area contributed by atoms with Crippen molar-refractivity contribution in [2.45, 2.75) is 42.4 Å². The highest BCUT2D eigenvalue weighted by Gasteiger charge is 2.35. The normalized spacial score (nSPS) is 17.8. The molecular formula is C20H23NO5S. The van der Waals surface area contributed by atoms with E-state index in [9.17, 15) is 13.2 Å². The minimum Gasteiger partial charge on any atom is -0.482 e. The third kappa shape index (κ3) is 4.14. The summed E-state index contributed by atoms with van der Waals surface area (Å²) >= 11 is 0. The Morgan fingerprint density at radius 2 is 1.96 bits per heavy atom. The molecule has 27 heavy (non-hydrogen) atoms. The van der Waals surface area contributed by atoms with Crippen molar-refractivity contribution in [3.05, 3.63) is 59.2 Å². The van der Waals surface area contributed by atoms with Crippen LogP contribution >= 0.6 is 0 Å². The maximum absolute atomic E-state index is 13.0. The Morgan fingerprint density at radius 1 is 1.26 bits per heavy atom. The first-order valence-electron chi connectivity index (χ1n) is 8.82. The molecule has 0 heterocycles. The molecule has 144 valence electrons. The van der Waals surface area contributed by atoms with E-state index in [1.807, 2.05) is 6.92 Å². The SMILES string of the molecule is Cc1ccc(S(=O)(=O)C(N)C2CCCc3cc(OCC(=O)O)ccc32)cc1. The topological polar surface area (TPSA) is 107 Å². The average molecular weight is 389 g/mol. The van der Waals surface area contributed by atoms with E-state index < -0.39 is 27.8 Å². The van der Waals surface area contributed by atoms with Crippen molar-refractivity contribution in [3.63, 3.8) is 0 Å². The van der Waals surface area contributed by atoms with Gasteiger partial charge in [0.15, 0.2) is 16.4 Å². The molecule has 0 saturated carbocycles. The summed E-state index contributed by atoms with van der Waals surface area (Å²) in [6.45, 7) is 1.49.